The lowest BCUT2D eigenvalue weighted by molar-refractivity contribution is -0.215. The van der Waals surface area contributed by atoms with Crippen molar-refractivity contribution >= 4 is 5.69 Å². The average Bonchev–Trinajstić information content (AvgIpc) is 3.47. The lowest BCUT2D eigenvalue weighted by atomic mass is 10.1. The summed E-state index contributed by atoms with van der Waals surface area (Å²) in [7, 11) is 0. The highest BCUT2D eigenvalue weighted by Gasteiger charge is 2.51. The highest BCUT2D eigenvalue weighted by Crippen LogP contribution is 2.39. The van der Waals surface area contributed by atoms with Crippen molar-refractivity contribution < 1.29 is 40.2 Å². The first-order valence-corrected chi connectivity index (χ1v) is 9.66. The van der Waals surface area contributed by atoms with Gasteiger partial charge in [0.05, 0.1) is 23.7 Å². The molecular weight excluding hydrogens is 470 g/mol. The molecular formula is C21H14F6N4O3. The van der Waals surface area contributed by atoms with Crippen LogP contribution in [0, 0.1) is 11.3 Å². The van der Waals surface area contributed by atoms with Gasteiger partial charge in [-0.15, -0.1) is 10.2 Å². The number of halogens is 6. The van der Waals surface area contributed by atoms with E-state index in [0.29, 0.717) is 22.3 Å². The van der Waals surface area contributed by atoms with E-state index in [-0.39, 0.29) is 24.7 Å². The zero-order valence-electron chi connectivity index (χ0n) is 17.0. The third-order valence-corrected chi connectivity index (χ3v) is 4.94. The van der Waals surface area contributed by atoms with Crippen LogP contribution in [0.2, 0.25) is 0 Å². The molecule has 2 unspecified atom stereocenters. The maximum atomic E-state index is 13.6. The minimum Gasteiger partial charge on any atom is -0.491 e. The number of aromatic nitrogens is 2. The van der Waals surface area contributed by atoms with Gasteiger partial charge in [0.25, 0.3) is 0 Å². The van der Waals surface area contributed by atoms with E-state index in [1.165, 1.54) is 6.07 Å². The Morgan fingerprint density at radius 2 is 1.82 bits per heavy atom. The summed E-state index contributed by atoms with van der Waals surface area (Å²) < 4.78 is 96.3. The van der Waals surface area contributed by atoms with Crippen LogP contribution in [-0.2, 0) is 10.9 Å². The summed E-state index contributed by atoms with van der Waals surface area (Å²) in [4.78, 5) is 0.670. The van der Waals surface area contributed by atoms with E-state index in [1.54, 1.807) is 24.3 Å². The number of alkyl halides is 6. The van der Waals surface area contributed by atoms with Crippen molar-refractivity contribution in [1.29, 1.82) is 5.26 Å². The molecule has 0 N–H and O–H groups in total. The van der Waals surface area contributed by atoms with Crippen molar-refractivity contribution in [3.63, 3.8) is 0 Å². The topological polar surface area (TPSA) is 84.4 Å². The monoisotopic (exact) mass is 484 g/mol. The van der Waals surface area contributed by atoms with Gasteiger partial charge in [-0.3, -0.25) is 0 Å². The van der Waals surface area contributed by atoms with Crippen LogP contribution in [0.15, 0.2) is 53.3 Å². The molecule has 13 heteroatoms. The second-order valence-electron chi connectivity index (χ2n) is 7.22. The summed E-state index contributed by atoms with van der Waals surface area (Å²) in [5, 5.41) is 16.2. The summed E-state index contributed by atoms with van der Waals surface area (Å²) in [5.41, 5.74) is -1.79. The second kappa shape index (κ2) is 8.86. The van der Waals surface area contributed by atoms with E-state index in [4.69, 9.17) is 19.2 Å². The summed E-state index contributed by atoms with van der Waals surface area (Å²) in [5.74, 6) is 0.599. The Kier molecular flexibility index (Phi) is 6.09. The van der Waals surface area contributed by atoms with Crippen molar-refractivity contribution in [2.75, 3.05) is 18.1 Å². The molecule has 1 saturated heterocycles. The van der Waals surface area contributed by atoms with Gasteiger partial charge in [-0.05, 0) is 42.5 Å². The van der Waals surface area contributed by atoms with Gasteiger partial charge in [-0.2, -0.15) is 31.6 Å². The highest BCUT2D eigenvalue weighted by molar-refractivity contribution is 5.56. The number of ether oxygens (including phenoxy) is 2. The molecule has 178 valence electrons. The van der Waals surface area contributed by atoms with Crippen LogP contribution in [0.4, 0.5) is 32.0 Å². The molecule has 1 fully saturated rings. The van der Waals surface area contributed by atoms with E-state index in [0.717, 1.165) is 18.5 Å². The summed E-state index contributed by atoms with van der Waals surface area (Å²) in [6, 6.07) is 10.1. The number of anilines is 1. The van der Waals surface area contributed by atoms with Gasteiger partial charge in [-0.1, -0.05) is 0 Å². The van der Waals surface area contributed by atoms with Gasteiger partial charge in [0.15, 0.2) is 0 Å². The lowest BCUT2D eigenvalue weighted by Gasteiger charge is -2.27. The predicted octanol–water partition coefficient (Wildman–Crippen LogP) is 4.80. The van der Waals surface area contributed by atoms with E-state index < -0.39 is 35.8 Å². The number of hydrogen-bond acceptors (Lipinski definition) is 7. The van der Waals surface area contributed by atoms with Crippen molar-refractivity contribution in [3.8, 4) is 23.3 Å². The Morgan fingerprint density at radius 1 is 1.09 bits per heavy atom. The maximum Gasteiger partial charge on any atom is 0.433 e. The SMILES string of the molecule is N#Cc1ccc(N2CC(COc3ccc(-c4nnco4)cc3)OC2C(F)(F)F)cc1C(F)(F)F. The van der Waals surface area contributed by atoms with Crippen LogP contribution in [0.3, 0.4) is 0 Å². The molecule has 0 radical (unpaired) electrons. The number of nitriles is 1. The highest BCUT2D eigenvalue weighted by atomic mass is 19.4. The van der Waals surface area contributed by atoms with Gasteiger partial charge >= 0.3 is 12.4 Å². The fourth-order valence-electron chi connectivity index (χ4n) is 3.43. The van der Waals surface area contributed by atoms with Gasteiger partial charge in [-0.25, -0.2) is 0 Å². The minimum atomic E-state index is -4.91. The zero-order chi connectivity index (χ0) is 24.5. The Balaban J connectivity index is 1.50. The van der Waals surface area contributed by atoms with E-state index >= 15 is 0 Å². The average molecular weight is 484 g/mol. The number of benzene rings is 2. The smallest absolute Gasteiger partial charge is 0.433 e. The molecule has 2 atom stereocenters. The maximum absolute atomic E-state index is 13.6. The Labute approximate surface area is 188 Å². The van der Waals surface area contributed by atoms with Gasteiger partial charge in [0.2, 0.25) is 18.5 Å². The quantitative estimate of drug-likeness (QED) is 0.481. The fourth-order valence-corrected chi connectivity index (χ4v) is 3.43. The van der Waals surface area contributed by atoms with Crippen LogP contribution >= 0.6 is 0 Å². The molecule has 34 heavy (non-hydrogen) atoms. The summed E-state index contributed by atoms with van der Waals surface area (Å²) >= 11 is 0. The molecule has 1 aromatic heterocycles. The van der Waals surface area contributed by atoms with Crippen molar-refractivity contribution in [2.24, 2.45) is 0 Å². The molecule has 1 aliphatic rings. The summed E-state index contributed by atoms with van der Waals surface area (Å²) in [6.07, 6.45) is -12.2. The van der Waals surface area contributed by atoms with E-state index in [1.807, 2.05) is 0 Å². The van der Waals surface area contributed by atoms with Crippen LogP contribution in [-0.4, -0.2) is 41.9 Å². The van der Waals surface area contributed by atoms with Crippen LogP contribution in [0.1, 0.15) is 11.1 Å². The molecule has 2 heterocycles. The zero-order valence-corrected chi connectivity index (χ0v) is 17.0. The molecule has 7 nitrogen and oxygen atoms in total. The first kappa shape index (κ1) is 23.4. The largest absolute Gasteiger partial charge is 0.491 e. The van der Waals surface area contributed by atoms with E-state index in [2.05, 4.69) is 10.2 Å². The number of hydrogen-bond donors (Lipinski definition) is 0. The third-order valence-electron chi connectivity index (χ3n) is 4.94. The first-order valence-electron chi connectivity index (χ1n) is 9.66. The molecule has 0 amide bonds. The molecule has 0 bridgehead atoms. The Morgan fingerprint density at radius 3 is 2.41 bits per heavy atom. The minimum absolute atomic E-state index is 0.273. The second-order valence-corrected chi connectivity index (χ2v) is 7.22. The van der Waals surface area contributed by atoms with Gasteiger partial charge < -0.3 is 18.8 Å². The molecule has 0 spiro atoms. The van der Waals surface area contributed by atoms with Crippen molar-refractivity contribution in [2.45, 2.75) is 24.7 Å². The third kappa shape index (κ3) is 4.91. The lowest BCUT2D eigenvalue weighted by Crippen LogP contribution is -2.42. The van der Waals surface area contributed by atoms with Gasteiger partial charge in [0.1, 0.15) is 18.5 Å². The van der Waals surface area contributed by atoms with E-state index in [9.17, 15) is 26.3 Å². The molecule has 3 aromatic rings. The molecule has 1 aliphatic heterocycles. The standard InChI is InChI=1S/C21H14F6N4O3/c22-20(23,24)17-7-14(4-1-13(17)8-28)31-9-16(34-19(31)21(25,26)27)10-32-15-5-2-12(3-6-15)18-30-29-11-33-18/h1-7,11,16,19H,9-10H2. The number of rotatable bonds is 5. The van der Waals surface area contributed by atoms with Crippen molar-refractivity contribution in [3.05, 3.63) is 60.0 Å². The fraction of sp³-hybridized carbons (Fsp3) is 0.286. The molecule has 4 rings (SSSR count). The Bertz CT molecular complexity index is 1170. The normalized spacial score (nSPS) is 18.7. The van der Waals surface area contributed by atoms with Crippen LogP contribution < -0.4 is 9.64 Å². The van der Waals surface area contributed by atoms with Crippen LogP contribution in [0.25, 0.3) is 11.5 Å². The number of nitrogens with zero attached hydrogens (tertiary/aromatic N) is 4. The van der Waals surface area contributed by atoms with Gasteiger partial charge in [0, 0.05) is 11.3 Å². The molecule has 0 saturated carbocycles. The molecule has 2 aromatic carbocycles. The predicted molar refractivity (Wildman–Crippen MR) is 103 cm³/mol. The van der Waals surface area contributed by atoms with Crippen LogP contribution in [0.5, 0.6) is 5.75 Å². The summed E-state index contributed by atoms with van der Waals surface area (Å²) in [6.45, 7) is -0.668. The Hall–Kier alpha value is -3.79. The first-order chi connectivity index (χ1) is 16.1. The van der Waals surface area contributed by atoms with Crippen molar-refractivity contribution in [1.82, 2.24) is 10.2 Å². The molecule has 0 aliphatic carbocycles.